The minimum atomic E-state index is 0.264. The van der Waals surface area contributed by atoms with Crippen LogP contribution >= 0.6 is 0 Å². The zero-order valence-corrected chi connectivity index (χ0v) is 34.0. The van der Waals surface area contributed by atoms with Crippen molar-refractivity contribution in [2.75, 3.05) is 0 Å². The largest absolute Gasteiger partial charge is 0.262 e. The fourth-order valence-electron chi connectivity index (χ4n) is 13.7. The molecular formula is C53H68N2. The van der Waals surface area contributed by atoms with Crippen molar-refractivity contribution in [3.8, 4) is 0 Å². The number of allylic oxidation sites excluding steroid dienone is 10. The van der Waals surface area contributed by atoms with Crippen LogP contribution in [0.3, 0.4) is 0 Å². The van der Waals surface area contributed by atoms with E-state index < -0.39 is 0 Å². The van der Waals surface area contributed by atoms with E-state index in [0.717, 1.165) is 54.2 Å². The first-order valence-electron chi connectivity index (χ1n) is 23.5. The minimum absolute atomic E-state index is 0.264. The Morgan fingerprint density at radius 1 is 0.691 bits per heavy atom. The molecule has 1 aromatic carbocycles. The highest BCUT2D eigenvalue weighted by Gasteiger charge is 2.44. The summed E-state index contributed by atoms with van der Waals surface area (Å²) in [6.07, 6.45) is 50.3. The molecule has 2 fully saturated rings. The van der Waals surface area contributed by atoms with Gasteiger partial charge in [0.1, 0.15) is 5.84 Å². The highest BCUT2D eigenvalue weighted by Crippen LogP contribution is 2.54. The van der Waals surface area contributed by atoms with Gasteiger partial charge in [-0.1, -0.05) is 79.8 Å². The Bertz CT molecular complexity index is 1840. The standard InChI is InChI=1S/C53H68N2/c1-35-10-8-15-41-16-9-17-49(52(35)41)39-20-22-40(23-21-39)50-34-51(55-53(54-50)42-24-18-38(19-25-42)36-11-4-2-5-12-36)46-29-31-48-45(33-46)27-26-44-32-43(28-30-47(44)48)37-13-6-3-7-14-37/h4,6,9,11-13,16-18,22,24,33,35,37-39,42-45,47-48,50H,2-3,5,7-8,10,14-15,19-21,23,25-32,34H2,1H3. The molecule has 0 spiro atoms. The predicted octanol–water partition coefficient (Wildman–Crippen LogP) is 13.9. The lowest BCUT2D eigenvalue weighted by atomic mass is 9.55. The summed E-state index contributed by atoms with van der Waals surface area (Å²) in [7, 11) is 0. The third kappa shape index (κ3) is 7.47. The Hall–Kier alpha value is -3.00. The van der Waals surface area contributed by atoms with Crippen molar-refractivity contribution in [3.63, 3.8) is 0 Å². The molecule has 0 saturated heterocycles. The van der Waals surface area contributed by atoms with Crippen LogP contribution in [0.15, 0.2) is 99.6 Å². The van der Waals surface area contributed by atoms with Gasteiger partial charge < -0.3 is 0 Å². The highest BCUT2D eigenvalue weighted by atomic mass is 15.0. The number of hydrogen-bond donors (Lipinski definition) is 0. The van der Waals surface area contributed by atoms with E-state index in [9.17, 15) is 0 Å². The Labute approximate surface area is 333 Å². The fraction of sp³-hybridized carbons (Fsp3) is 0.623. The summed E-state index contributed by atoms with van der Waals surface area (Å²) < 4.78 is 0. The summed E-state index contributed by atoms with van der Waals surface area (Å²) in [4.78, 5) is 11.2. The molecule has 0 radical (unpaired) electrons. The summed E-state index contributed by atoms with van der Waals surface area (Å²) in [6, 6.07) is 7.51. The van der Waals surface area contributed by atoms with Crippen LogP contribution in [0.2, 0.25) is 0 Å². The second kappa shape index (κ2) is 16.1. The number of fused-ring (bicyclic) bond motifs is 4. The van der Waals surface area contributed by atoms with E-state index in [1.54, 1.807) is 27.8 Å². The lowest BCUT2D eigenvalue weighted by Gasteiger charge is -2.50. The molecule has 10 rings (SSSR count). The maximum Gasteiger partial charge on any atom is 0.131 e. The summed E-state index contributed by atoms with van der Waals surface area (Å²) in [5, 5.41) is 0. The molecule has 55 heavy (non-hydrogen) atoms. The Balaban J connectivity index is 0.884. The Kier molecular flexibility index (Phi) is 10.6. The van der Waals surface area contributed by atoms with Crippen LogP contribution in [0, 0.1) is 47.3 Å². The number of aryl methyl sites for hydroxylation is 1. The summed E-state index contributed by atoms with van der Waals surface area (Å²) in [5.74, 6) is 8.86. The van der Waals surface area contributed by atoms with Crippen LogP contribution in [-0.4, -0.2) is 17.6 Å². The first-order valence-corrected chi connectivity index (χ1v) is 23.5. The Morgan fingerprint density at radius 2 is 1.62 bits per heavy atom. The maximum atomic E-state index is 5.62. The maximum absolute atomic E-state index is 5.62. The molecule has 2 heteroatoms. The molecule has 290 valence electrons. The molecule has 0 amide bonds. The van der Waals surface area contributed by atoms with Gasteiger partial charge in [0.2, 0.25) is 0 Å². The molecule has 1 aromatic rings. The van der Waals surface area contributed by atoms with Gasteiger partial charge in [0.25, 0.3) is 0 Å². The lowest BCUT2D eigenvalue weighted by Crippen LogP contribution is -2.41. The van der Waals surface area contributed by atoms with Crippen molar-refractivity contribution in [1.29, 1.82) is 0 Å². The van der Waals surface area contributed by atoms with Crippen LogP contribution in [0.1, 0.15) is 164 Å². The van der Waals surface area contributed by atoms with Crippen LogP contribution in [0.25, 0.3) is 0 Å². The fourth-order valence-corrected chi connectivity index (χ4v) is 13.7. The van der Waals surface area contributed by atoms with Gasteiger partial charge in [-0.25, -0.2) is 4.99 Å². The van der Waals surface area contributed by atoms with Crippen molar-refractivity contribution in [2.45, 2.75) is 160 Å². The van der Waals surface area contributed by atoms with Gasteiger partial charge in [-0.2, -0.15) is 0 Å². The zero-order chi connectivity index (χ0) is 36.7. The van der Waals surface area contributed by atoms with Gasteiger partial charge in [-0.3, -0.25) is 4.99 Å². The number of amidine groups is 1. The van der Waals surface area contributed by atoms with E-state index in [-0.39, 0.29) is 6.04 Å². The topological polar surface area (TPSA) is 24.7 Å². The molecule has 11 unspecified atom stereocenters. The van der Waals surface area contributed by atoms with E-state index in [2.05, 4.69) is 79.8 Å². The quantitative estimate of drug-likeness (QED) is 0.260. The van der Waals surface area contributed by atoms with Crippen molar-refractivity contribution in [2.24, 2.45) is 57.3 Å². The van der Waals surface area contributed by atoms with Crippen LogP contribution in [-0.2, 0) is 6.42 Å². The molecule has 2 nitrogen and oxygen atoms in total. The zero-order valence-electron chi connectivity index (χ0n) is 34.0. The molecule has 9 aliphatic rings. The van der Waals surface area contributed by atoms with E-state index >= 15 is 0 Å². The monoisotopic (exact) mass is 733 g/mol. The number of rotatable bonds is 6. The lowest BCUT2D eigenvalue weighted by molar-refractivity contribution is 0.0315. The molecule has 1 aliphatic heterocycles. The van der Waals surface area contributed by atoms with Crippen molar-refractivity contribution in [1.82, 2.24) is 0 Å². The summed E-state index contributed by atoms with van der Waals surface area (Å²) >= 11 is 0. The second-order valence-electron chi connectivity index (χ2n) is 19.7. The van der Waals surface area contributed by atoms with Gasteiger partial charge in [-0.05, 0) is 209 Å². The van der Waals surface area contributed by atoms with Gasteiger partial charge in [0, 0.05) is 24.0 Å². The van der Waals surface area contributed by atoms with E-state index in [1.165, 1.54) is 133 Å². The summed E-state index contributed by atoms with van der Waals surface area (Å²) in [6.45, 7) is 2.48. The molecule has 0 bridgehead atoms. The molecular weight excluding hydrogens is 665 g/mol. The minimum Gasteiger partial charge on any atom is -0.262 e. The Morgan fingerprint density at radius 3 is 2.45 bits per heavy atom. The average Bonchev–Trinajstić information content (AvgIpc) is 3.26. The number of nitrogens with zero attached hydrogens (tertiary/aromatic N) is 2. The smallest absolute Gasteiger partial charge is 0.131 e. The first-order chi connectivity index (χ1) is 27.1. The molecule has 8 aliphatic carbocycles. The van der Waals surface area contributed by atoms with Crippen molar-refractivity contribution in [3.05, 3.63) is 106 Å². The van der Waals surface area contributed by atoms with Gasteiger partial charge in [-0.15, -0.1) is 0 Å². The highest BCUT2D eigenvalue weighted by molar-refractivity contribution is 6.10. The predicted molar refractivity (Wildman–Crippen MR) is 232 cm³/mol. The number of benzene rings is 1. The summed E-state index contributed by atoms with van der Waals surface area (Å²) in [5.41, 5.74) is 11.1. The van der Waals surface area contributed by atoms with Gasteiger partial charge in [0.05, 0.1) is 6.04 Å². The van der Waals surface area contributed by atoms with Crippen molar-refractivity contribution < 1.29 is 0 Å². The first kappa shape index (κ1) is 36.3. The van der Waals surface area contributed by atoms with Crippen LogP contribution in [0.5, 0.6) is 0 Å². The van der Waals surface area contributed by atoms with Gasteiger partial charge in [0.15, 0.2) is 0 Å². The SMILES string of the molecule is CC1CCCc2cccc(C3CC=C(C4CC(C5=CC6CCC7CC(C8C=CCCC8)CCC7C6CC5)=NC(C5C=CC(C6=CCCC=C6)CC5)=N4)CC3)c21. The molecule has 2 saturated carbocycles. The third-order valence-electron chi connectivity index (χ3n) is 16.7. The normalized spacial score (nSPS) is 38.7. The van der Waals surface area contributed by atoms with E-state index in [1.807, 2.05) is 0 Å². The van der Waals surface area contributed by atoms with E-state index in [4.69, 9.17) is 9.98 Å². The van der Waals surface area contributed by atoms with Crippen LogP contribution < -0.4 is 0 Å². The van der Waals surface area contributed by atoms with Gasteiger partial charge >= 0.3 is 0 Å². The van der Waals surface area contributed by atoms with E-state index in [0.29, 0.717) is 23.7 Å². The average molecular weight is 733 g/mol. The second-order valence-corrected chi connectivity index (χ2v) is 19.7. The third-order valence-corrected chi connectivity index (χ3v) is 16.7. The van der Waals surface area contributed by atoms with Crippen LogP contribution in [0.4, 0.5) is 0 Å². The number of aliphatic imine (C=N–C) groups is 2. The van der Waals surface area contributed by atoms with Crippen molar-refractivity contribution >= 4 is 11.5 Å². The molecule has 11 atom stereocenters. The molecule has 0 aromatic heterocycles. The number of hydrogen-bond acceptors (Lipinski definition) is 2. The molecule has 1 heterocycles. The molecule has 0 N–H and O–H groups in total.